The van der Waals surface area contributed by atoms with Crippen LogP contribution in [0, 0.1) is 18.3 Å². The van der Waals surface area contributed by atoms with E-state index in [4.69, 9.17) is 42.7 Å². The summed E-state index contributed by atoms with van der Waals surface area (Å²) < 4.78 is 16.8. The van der Waals surface area contributed by atoms with E-state index in [9.17, 15) is 0 Å². The monoisotopic (exact) mass is 365 g/mol. The molecule has 0 amide bonds. The number of aryl methyl sites for hydroxylation is 1. The Hall–Kier alpha value is -2.09. The molecular formula is C18H17Cl2NO3. The highest BCUT2D eigenvalue weighted by atomic mass is 35.5. The summed E-state index contributed by atoms with van der Waals surface area (Å²) in [4.78, 5) is 0. The van der Waals surface area contributed by atoms with Gasteiger partial charge in [0.2, 0.25) is 0 Å². The topological polar surface area (TPSA) is 51.5 Å². The Kier molecular flexibility index (Phi) is 6.60. The van der Waals surface area contributed by atoms with E-state index in [1.54, 1.807) is 24.3 Å². The molecule has 0 radical (unpaired) electrons. The number of nitrogens with zero attached hydrogens (tertiary/aromatic N) is 1. The fourth-order valence-electron chi connectivity index (χ4n) is 2.05. The van der Waals surface area contributed by atoms with E-state index in [2.05, 4.69) is 0 Å². The second-order valence-corrected chi connectivity index (χ2v) is 5.75. The minimum Gasteiger partial charge on any atom is -0.490 e. The smallest absolute Gasteiger partial charge is 0.179 e. The van der Waals surface area contributed by atoms with E-state index in [1.165, 1.54) is 0 Å². The zero-order valence-corrected chi connectivity index (χ0v) is 14.9. The predicted molar refractivity (Wildman–Crippen MR) is 94.5 cm³/mol. The van der Waals surface area contributed by atoms with Crippen LogP contribution in [-0.4, -0.2) is 19.8 Å². The molecule has 0 saturated heterocycles. The predicted octanol–water partition coefficient (Wildman–Crippen LogP) is 5.03. The van der Waals surface area contributed by atoms with Gasteiger partial charge in [-0.05, 0) is 43.7 Å². The zero-order chi connectivity index (χ0) is 17.5. The molecule has 2 aromatic carbocycles. The highest BCUT2D eigenvalue weighted by Crippen LogP contribution is 2.36. The Bertz CT molecular complexity index is 757. The Morgan fingerprint density at radius 2 is 1.75 bits per heavy atom. The van der Waals surface area contributed by atoms with Gasteiger partial charge in [0.25, 0.3) is 0 Å². The van der Waals surface area contributed by atoms with Gasteiger partial charge < -0.3 is 14.2 Å². The molecule has 0 aromatic heterocycles. The lowest BCUT2D eigenvalue weighted by Gasteiger charge is -2.14. The maximum absolute atomic E-state index is 8.99. The second kappa shape index (κ2) is 8.68. The van der Waals surface area contributed by atoms with Gasteiger partial charge in [0.05, 0.1) is 23.3 Å². The quantitative estimate of drug-likeness (QED) is 0.645. The molecule has 0 bridgehead atoms. The van der Waals surface area contributed by atoms with Crippen LogP contribution in [0.2, 0.25) is 10.0 Å². The number of ether oxygens (including phenoxy) is 3. The van der Waals surface area contributed by atoms with Crippen molar-refractivity contribution in [3.05, 3.63) is 51.5 Å². The van der Waals surface area contributed by atoms with Crippen molar-refractivity contribution < 1.29 is 14.2 Å². The lowest BCUT2D eigenvalue weighted by Crippen LogP contribution is -2.10. The molecule has 0 saturated carbocycles. The molecule has 0 N–H and O–H groups in total. The molecule has 0 aliphatic heterocycles. The molecule has 0 spiro atoms. The van der Waals surface area contributed by atoms with Crippen LogP contribution in [0.25, 0.3) is 0 Å². The van der Waals surface area contributed by atoms with Crippen molar-refractivity contribution in [2.75, 3.05) is 19.8 Å². The van der Waals surface area contributed by atoms with Gasteiger partial charge >= 0.3 is 0 Å². The van der Waals surface area contributed by atoms with Crippen LogP contribution in [0.4, 0.5) is 0 Å². The average molecular weight is 366 g/mol. The first-order valence-corrected chi connectivity index (χ1v) is 8.19. The summed E-state index contributed by atoms with van der Waals surface area (Å²) in [5, 5.41) is 10.0. The second-order valence-electron chi connectivity index (χ2n) is 4.94. The molecule has 2 aromatic rings. The van der Waals surface area contributed by atoms with Crippen molar-refractivity contribution >= 4 is 23.2 Å². The van der Waals surface area contributed by atoms with Crippen LogP contribution >= 0.6 is 23.2 Å². The van der Waals surface area contributed by atoms with Gasteiger partial charge in [-0.2, -0.15) is 5.26 Å². The summed E-state index contributed by atoms with van der Waals surface area (Å²) in [6.07, 6.45) is 0. The number of halogens is 2. The van der Waals surface area contributed by atoms with Crippen LogP contribution in [0.5, 0.6) is 17.2 Å². The Balaban J connectivity index is 1.98. The lowest BCUT2D eigenvalue weighted by molar-refractivity contribution is 0.208. The van der Waals surface area contributed by atoms with Crippen LogP contribution < -0.4 is 14.2 Å². The number of hydrogen-bond donors (Lipinski definition) is 0. The van der Waals surface area contributed by atoms with E-state index >= 15 is 0 Å². The fourth-order valence-corrected chi connectivity index (χ4v) is 2.43. The number of nitriles is 1. The highest BCUT2D eigenvalue weighted by molar-refractivity contribution is 6.32. The summed E-state index contributed by atoms with van der Waals surface area (Å²) in [6, 6.07) is 10.6. The van der Waals surface area contributed by atoms with E-state index in [-0.39, 0.29) is 6.61 Å². The van der Waals surface area contributed by atoms with Crippen LogP contribution in [0.3, 0.4) is 0 Å². The van der Waals surface area contributed by atoms with Crippen LogP contribution in [0.15, 0.2) is 30.3 Å². The van der Waals surface area contributed by atoms with Crippen molar-refractivity contribution in [2.45, 2.75) is 13.8 Å². The highest BCUT2D eigenvalue weighted by Gasteiger charge is 2.12. The fraction of sp³-hybridized carbons (Fsp3) is 0.278. The van der Waals surface area contributed by atoms with Gasteiger partial charge in [0.15, 0.2) is 11.5 Å². The van der Waals surface area contributed by atoms with Crippen molar-refractivity contribution in [3.8, 4) is 23.3 Å². The molecule has 4 nitrogen and oxygen atoms in total. The third-order valence-corrected chi connectivity index (χ3v) is 3.87. The first kappa shape index (κ1) is 18.3. The van der Waals surface area contributed by atoms with Gasteiger partial charge in [-0.25, -0.2) is 0 Å². The zero-order valence-electron chi connectivity index (χ0n) is 13.4. The van der Waals surface area contributed by atoms with Gasteiger partial charge in [-0.3, -0.25) is 0 Å². The summed E-state index contributed by atoms with van der Waals surface area (Å²) in [5.74, 6) is 1.58. The molecule has 0 atom stereocenters. The average Bonchev–Trinajstić information content (AvgIpc) is 2.56. The Morgan fingerprint density at radius 3 is 2.42 bits per heavy atom. The molecule has 24 heavy (non-hydrogen) atoms. The van der Waals surface area contributed by atoms with Crippen molar-refractivity contribution in [1.82, 2.24) is 0 Å². The van der Waals surface area contributed by atoms with Gasteiger partial charge in [-0.15, -0.1) is 0 Å². The van der Waals surface area contributed by atoms with E-state index in [0.29, 0.717) is 40.3 Å². The minimum atomic E-state index is 0.285. The standard InChI is InChI=1S/C18H17Cl2NO3/c1-3-22-17-10-13(11-21)9-16(20)18(17)24-7-6-23-14-4-5-15(19)12(2)8-14/h4-5,8-10H,3,6-7H2,1-2H3. The Labute approximate surface area is 151 Å². The molecular weight excluding hydrogens is 349 g/mol. The van der Waals surface area contributed by atoms with Gasteiger partial charge in [0.1, 0.15) is 19.0 Å². The third kappa shape index (κ3) is 4.70. The molecule has 2 rings (SSSR count). The van der Waals surface area contributed by atoms with Crippen molar-refractivity contribution in [3.63, 3.8) is 0 Å². The SMILES string of the molecule is CCOc1cc(C#N)cc(Cl)c1OCCOc1ccc(Cl)c(C)c1. The molecule has 0 aliphatic carbocycles. The normalized spacial score (nSPS) is 10.1. The van der Waals surface area contributed by atoms with Crippen LogP contribution in [-0.2, 0) is 0 Å². The summed E-state index contributed by atoms with van der Waals surface area (Å²) >= 11 is 12.2. The van der Waals surface area contributed by atoms with E-state index in [1.807, 2.05) is 26.0 Å². The molecule has 126 valence electrons. The molecule has 0 unspecified atom stereocenters. The molecule has 0 aliphatic rings. The maximum Gasteiger partial charge on any atom is 0.179 e. The Morgan fingerprint density at radius 1 is 1.00 bits per heavy atom. The van der Waals surface area contributed by atoms with E-state index in [0.717, 1.165) is 11.3 Å². The number of benzene rings is 2. The summed E-state index contributed by atoms with van der Waals surface area (Å²) in [7, 11) is 0. The lowest BCUT2D eigenvalue weighted by atomic mass is 10.2. The third-order valence-electron chi connectivity index (χ3n) is 3.17. The maximum atomic E-state index is 8.99. The molecule has 0 fully saturated rings. The molecule has 6 heteroatoms. The van der Waals surface area contributed by atoms with Crippen LogP contribution in [0.1, 0.15) is 18.1 Å². The van der Waals surface area contributed by atoms with Crippen molar-refractivity contribution in [2.24, 2.45) is 0 Å². The van der Waals surface area contributed by atoms with E-state index < -0.39 is 0 Å². The minimum absolute atomic E-state index is 0.285. The number of rotatable bonds is 7. The largest absolute Gasteiger partial charge is 0.490 e. The van der Waals surface area contributed by atoms with Gasteiger partial charge in [-0.1, -0.05) is 23.2 Å². The first-order valence-electron chi connectivity index (χ1n) is 7.43. The first-order chi connectivity index (χ1) is 11.5. The number of hydrogen-bond acceptors (Lipinski definition) is 4. The molecule has 0 heterocycles. The van der Waals surface area contributed by atoms with Crippen molar-refractivity contribution in [1.29, 1.82) is 5.26 Å². The summed E-state index contributed by atoms with van der Waals surface area (Å²) in [5.41, 5.74) is 1.37. The van der Waals surface area contributed by atoms with Gasteiger partial charge in [0, 0.05) is 11.1 Å². The summed E-state index contributed by atoms with van der Waals surface area (Å²) in [6.45, 7) is 4.83.